The lowest BCUT2D eigenvalue weighted by molar-refractivity contribution is -0.137. The van der Waals surface area contributed by atoms with Gasteiger partial charge in [0.15, 0.2) is 11.5 Å². The van der Waals surface area contributed by atoms with Gasteiger partial charge in [0, 0.05) is 0 Å². The first-order chi connectivity index (χ1) is 13.7. The zero-order valence-corrected chi connectivity index (χ0v) is 15.8. The van der Waals surface area contributed by atoms with Crippen LogP contribution in [0.15, 0.2) is 85.4 Å². The van der Waals surface area contributed by atoms with Crippen LogP contribution in [0.2, 0.25) is 0 Å². The number of carbonyl (C=O) groups is 1. The molecule has 0 unspecified atom stereocenters. The van der Waals surface area contributed by atoms with Crippen molar-refractivity contribution in [2.24, 2.45) is 0 Å². The Hall–Kier alpha value is -3.53. The van der Waals surface area contributed by atoms with Crippen LogP contribution >= 0.6 is 0 Å². The molecular formula is C24H22O4. The molecule has 0 radical (unpaired) electrons. The van der Waals surface area contributed by atoms with Crippen molar-refractivity contribution in [3.8, 4) is 11.5 Å². The minimum Gasteiger partial charge on any atom is -0.493 e. The van der Waals surface area contributed by atoms with Crippen LogP contribution in [0, 0.1) is 0 Å². The highest BCUT2D eigenvalue weighted by Crippen LogP contribution is 2.31. The molecule has 142 valence electrons. The van der Waals surface area contributed by atoms with Crippen LogP contribution in [0.3, 0.4) is 0 Å². The molecule has 28 heavy (non-hydrogen) atoms. The summed E-state index contributed by atoms with van der Waals surface area (Å²) < 4.78 is 16.6. The summed E-state index contributed by atoms with van der Waals surface area (Å²) in [5, 5.41) is 0. The summed E-state index contributed by atoms with van der Waals surface area (Å²) >= 11 is 0. The van der Waals surface area contributed by atoms with E-state index in [1.54, 1.807) is 25.3 Å². The molecule has 0 aromatic heterocycles. The minimum absolute atomic E-state index is 0.202. The molecular weight excluding hydrogens is 352 g/mol. The number of hydrogen-bond donors (Lipinski definition) is 0. The van der Waals surface area contributed by atoms with Crippen molar-refractivity contribution in [3.05, 3.63) is 102 Å². The number of rotatable bonds is 8. The first kappa shape index (κ1) is 19.2. The molecule has 0 aliphatic heterocycles. The molecule has 0 spiro atoms. The third-order valence-corrected chi connectivity index (χ3v) is 4.21. The molecule has 0 aliphatic rings. The number of benzene rings is 3. The number of methoxy groups -OCH3 is 1. The van der Waals surface area contributed by atoms with E-state index in [-0.39, 0.29) is 12.2 Å². The average Bonchev–Trinajstić information content (AvgIpc) is 2.76. The highest BCUT2D eigenvalue weighted by molar-refractivity contribution is 6.15. The molecule has 4 nitrogen and oxygen atoms in total. The number of ether oxygens (including phenoxy) is 3. The molecule has 0 amide bonds. The zero-order valence-electron chi connectivity index (χ0n) is 15.8. The van der Waals surface area contributed by atoms with Gasteiger partial charge in [-0.05, 0) is 28.8 Å². The lowest BCUT2D eigenvalue weighted by atomic mass is 10.1. The van der Waals surface area contributed by atoms with Crippen LogP contribution in [0.1, 0.15) is 16.7 Å². The molecule has 0 saturated carbocycles. The number of hydrogen-bond acceptors (Lipinski definition) is 4. The highest BCUT2D eigenvalue weighted by Gasteiger charge is 2.14. The van der Waals surface area contributed by atoms with Crippen molar-refractivity contribution in [1.82, 2.24) is 0 Å². The van der Waals surface area contributed by atoms with E-state index in [0.29, 0.717) is 23.7 Å². The SMILES string of the molecule is C=C(C(=O)OCc1ccccc1)c1ccc(OCc2ccccc2)c(OC)c1. The Balaban J connectivity index is 1.64. The van der Waals surface area contributed by atoms with Crippen molar-refractivity contribution < 1.29 is 19.0 Å². The van der Waals surface area contributed by atoms with Crippen LogP contribution in [0.25, 0.3) is 5.57 Å². The van der Waals surface area contributed by atoms with Gasteiger partial charge >= 0.3 is 5.97 Å². The summed E-state index contributed by atoms with van der Waals surface area (Å²) in [5.74, 6) is 0.662. The minimum atomic E-state index is -0.469. The lowest BCUT2D eigenvalue weighted by Crippen LogP contribution is -2.07. The molecule has 0 N–H and O–H groups in total. The van der Waals surface area contributed by atoms with Crippen molar-refractivity contribution >= 4 is 11.5 Å². The first-order valence-electron chi connectivity index (χ1n) is 8.92. The molecule has 0 saturated heterocycles. The van der Waals surface area contributed by atoms with Gasteiger partial charge in [-0.3, -0.25) is 0 Å². The maximum absolute atomic E-state index is 12.3. The van der Waals surface area contributed by atoms with Crippen LogP contribution in [0.5, 0.6) is 11.5 Å². The fraction of sp³-hybridized carbons (Fsp3) is 0.125. The van der Waals surface area contributed by atoms with E-state index in [2.05, 4.69) is 6.58 Å². The Labute approximate surface area is 165 Å². The van der Waals surface area contributed by atoms with Crippen LogP contribution in [0.4, 0.5) is 0 Å². The van der Waals surface area contributed by atoms with E-state index < -0.39 is 5.97 Å². The predicted octanol–water partition coefficient (Wildman–Crippen LogP) is 5.03. The average molecular weight is 374 g/mol. The molecule has 3 aromatic carbocycles. The van der Waals surface area contributed by atoms with E-state index in [9.17, 15) is 4.79 Å². The second-order valence-electron chi connectivity index (χ2n) is 6.18. The van der Waals surface area contributed by atoms with Crippen molar-refractivity contribution in [1.29, 1.82) is 0 Å². The van der Waals surface area contributed by atoms with Crippen molar-refractivity contribution in [3.63, 3.8) is 0 Å². The third-order valence-electron chi connectivity index (χ3n) is 4.21. The van der Waals surface area contributed by atoms with Crippen LogP contribution < -0.4 is 9.47 Å². The summed E-state index contributed by atoms with van der Waals surface area (Å²) in [6, 6.07) is 24.7. The van der Waals surface area contributed by atoms with E-state index in [1.807, 2.05) is 60.7 Å². The Bertz CT molecular complexity index is 933. The highest BCUT2D eigenvalue weighted by atomic mass is 16.5. The van der Waals surface area contributed by atoms with Gasteiger partial charge in [-0.15, -0.1) is 0 Å². The predicted molar refractivity (Wildman–Crippen MR) is 109 cm³/mol. The van der Waals surface area contributed by atoms with Gasteiger partial charge in [-0.25, -0.2) is 4.79 Å². The second-order valence-corrected chi connectivity index (χ2v) is 6.18. The van der Waals surface area contributed by atoms with Gasteiger partial charge in [-0.2, -0.15) is 0 Å². The first-order valence-corrected chi connectivity index (χ1v) is 8.92. The Morgan fingerprint density at radius 3 is 2.04 bits per heavy atom. The van der Waals surface area contributed by atoms with Gasteiger partial charge in [-0.1, -0.05) is 73.3 Å². The zero-order chi connectivity index (χ0) is 19.8. The van der Waals surface area contributed by atoms with Gasteiger partial charge in [0.2, 0.25) is 0 Å². The molecule has 0 atom stereocenters. The fourth-order valence-electron chi connectivity index (χ4n) is 2.64. The topological polar surface area (TPSA) is 44.8 Å². The molecule has 0 bridgehead atoms. The summed E-state index contributed by atoms with van der Waals surface area (Å²) in [5.41, 5.74) is 2.87. The van der Waals surface area contributed by atoms with Gasteiger partial charge in [0.1, 0.15) is 13.2 Å². The standard InChI is InChI=1S/C24H22O4/c1-18(24(25)28-17-20-11-7-4-8-12-20)21-13-14-22(23(15-21)26-2)27-16-19-9-5-3-6-10-19/h3-15H,1,16-17H2,2H3. The Morgan fingerprint density at radius 1 is 0.821 bits per heavy atom. The molecule has 0 heterocycles. The maximum Gasteiger partial charge on any atom is 0.338 e. The molecule has 3 rings (SSSR count). The van der Waals surface area contributed by atoms with Gasteiger partial charge < -0.3 is 14.2 Å². The van der Waals surface area contributed by atoms with Crippen molar-refractivity contribution in [2.75, 3.05) is 7.11 Å². The van der Waals surface area contributed by atoms with E-state index in [1.165, 1.54) is 0 Å². The normalized spacial score (nSPS) is 10.2. The summed E-state index contributed by atoms with van der Waals surface area (Å²) in [7, 11) is 1.56. The monoisotopic (exact) mass is 374 g/mol. The lowest BCUT2D eigenvalue weighted by Gasteiger charge is -2.13. The summed E-state index contributed by atoms with van der Waals surface area (Å²) in [6.45, 7) is 4.49. The number of esters is 1. The van der Waals surface area contributed by atoms with Crippen molar-refractivity contribution in [2.45, 2.75) is 13.2 Å². The van der Waals surface area contributed by atoms with Gasteiger partial charge in [0.25, 0.3) is 0 Å². The second kappa shape index (κ2) is 9.42. The van der Waals surface area contributed by atoms with E-state index >= 15 is 0 Å². The third kappa shape index (κ3) is 5.01. The molecule has 0 fully saturated rings. The summed E-state index contributed by atoms with van der Waals surface area (Å²) in [4.78, 5) is 12.3. The maximum atomic E-state index is 12.3. The Kier molecular flexibility index (Phi) is 6.47. The molecule has 4 heteroatoms. The molecule has 3 aromatic rings. The largest absolute Gasteiger partial charge is 0.493 e. The van der Waals surface area contributed by atoms with Crippen LogP contribution in [-0.4, -0.2) is 13.1 Å². The fourth-order valence-corrected chi connectivity index (χ4v) is 2.64. The van der Waals surface area contributed by atoms with Gasteiger partial charge in [0.05, 0.1) is 12.7 Å². The van der Waals surface area contributed by atoms with E-state index in [0.717, 1.165) is 11.1 Å². The van der Waals surface area contributed by atoms with E-state index in [4.69, 9.17) is 14.2 Å². The smallest absolute Gasteiger partial charge is 0.338 e. The molecule has 0 aliphatic carbocycles. The summed E-state index contributed by atoms with van der Waals surface area (Å²) in [6.07, 6.45) is 0. The Morgan fingerprint density at radius 2 is 1.43 bits per heavy atom. The quantitative estimate of drug-likeness (QED) is 0.410. The number of carbonyl (C=O) groups excluding carboxylic acids is 1. The van der Waals surface area contributed by atoms with Crippen LogP contribution in [-0.2, 0) is 22.7 Å².